The summed E-state index contributed by atoms with van der Waals surface area (Å²) in [7, 11) is -4.37. The number of rotatable bonds is 2. The highest BCUT2D eigenvalue weighted by Gasteiger charge is 2.24. The molecular formula is C7H13FO3S. The summed E-state index contributed by atoms with van der Waals surface area (Å²) in [5.74, 6) is -0.489. The minimum atomic E-state index is -4.37. The Morgan fingerprint density at radius 3 is 2.67 bits per heavy atom. The molecule has 1 fully saturated rings. The summed E-state index contributed by atoms with van der Waals surface area (Å²) >= 11 is 0. The van der Waals surface area contributed by atoms with Crippen LogP contribution < -0.4 is 0 Å². The first-order valence-corrected chi connectivity index (χ1v) is 5.60. The van der Waals surface area contributed by atoms with Gasteiger partial charge in [0.2, 0.25) is 0 Å². The van der Waals surface area contributed by atoms with Crippen LogP contribution in [-0.2, 0) is 15.0 Å². The fraction of sp³-hybridized carbons (Fsp3) is 1.00. The SMILES string of the molecule is C[C@@H]1CCC[C@H](CS(=O)(=O)F)O1. The Morgan fingerprint density at radius 1 is 1.50 bits per heavy atom. The lowest BCUT2D eigenvalue weighted by molar-refractivity contribution is -0.0277. The molecule has 0 aromatic rings. The first-order valence-electron chi connectivity index (χ1n) is 4.05. The molecule has 0 N–H and O–H groups in total. The maximum absolute atomic E-state index is 12.2. The average Bonchev–Trinajstić information content (AvgIpc) is 1.82. The van der Waals surface area contributed by atoms with Crippen molar-refractivity contribution >= 4 is 10.2 Å². The molecule has 0 amide bonds. The van der Waals surface area contributed by atoms with Gasteiger partial charge in [-0.15, -0.1) is 3.89 Å². The van der Waals surface area contributed by atoms with Crippen LogP contribution in [0.15, 0.2) is 0 Å². The fourth-order valence-corrected chi connectivity index (χ4v) is 2.13. The molecule has 0 radical (unpaired) electrons. The maximum Gasteiger partial charge on any atom is 0.304 e. The molecule has 1 heterocycles. The molecule has 1 saturated heterocycles. The molecule has 1 aliphatic heterocycles. The van der Waals surface area contributed by atoms with Gasteiger partial charge in [-0.3, -0.25) is 0 Å². The van der Waals surface area contributed by atoms with Crippen molar-refractivity contribution in [3.8, 4) is 0 Å². The molecule has 0 bridgehead atoms. The van der Waals surface area contributed by atoms with Gasteiger partial charge in [-0.2, -0.15) is 8.42 Å². The van der Waals surface area contributed by atoms with E-state index in [0.29, 0.717) is 6.42 Å². The fourth-order valence-electron chi connectivity index (χ4n) is 1.44. The van der Waals surface area contributed by atoms with Gasteiger partial charge in [-0.25, -0.2) is 0 Å². The Labute approximate surface area is 72.1 Å². The predicted octanol–water partition coefficient (Wildman–Crippen LogP) is 1.24. The van der Waals surface area contributed by atoms with Crippen LogP contribution in [0.2, 0.25) is 0 Å². The zero-order valence-corrected chi connectivity index (χ0v) is 7.81. The van der Waals surface area contributed by atoms with Crippen molar-refractivity contribution in [3.63, 3.8) is 0 Å². The normalized spacial score (nSPS) is 31.8. The molecule has 0 spiro atoms. The van der Waals surface area contributed by atoms with E-state index in [4.69, 9.17) is 4.74 Å². The molecule has 5 heteroatoms. The van der Waals surface area contributed by atoms with Gasteiger partial charge in [-0.05, 0) is 26.2 Å². The Kier molecular flexibility index (Phi) is 3.06. The molecule has 3 nitrogen and oxygen atoms in total. The van der Waals surface area contributed by atoms with Gasteiger partial charge in [0.25, 0.3) is 0 Å². The molecule has 0 unspecified atom stereocenters. The average molecular weight is 196 g/mol. The van der Waals surface area contributed by atoms with E-state index in [1.165, 1.54) is 0 Å². The third-order valence-corrected chi connectivity index (χ3v) is 2.72. The Hall–Kier alpha value is -0.160. The molecule has 0 aromatic heterocycles. The summed E-state index contributed by atoms with van der Waals surface area (Å²) in [5, 5.41) is 0. The molecule has 1 rings (SSSR count). The van der Waals surface area contributed by atoms with Crippen molar-refractivity contribution < 1.29 is 17.0 Å². The highest BCUT2D eigenvalue weighted by Crippen LogP contribution is 2.19. The zero-order valence-electron chi connectivity index (χ0n) is 6.99. The van der Waals surface area contributed by atoms with Gasteiger partial charge in [0.15, 0.2) is 0 Å². The quantitative estimate of drug-likeness (QED) is 0.624. The number of halogens is 1. The van der Waals surface area contributed by atoms with Gasteiger partial charge >= 0.3 is 10.2 Å². The Morgan fingerprint density at radius 2 is 2.17 bits per heavy atom. The van der Waals surface area contributed by atoms with E-state index in [0.717, 1.165) is 12.8 Å². The number of hydrogen-bond donors (Lipinski definition) is 0. The molecule has 12 heavy (non-hydrogen) atoms. The zero-order chi connectivity index (χ0) is 9.19. The van der Waals surface area contributed by atoms with Gasteiger partial charge in [0.05, 0.1) is 12.2 Å². The first-order chi connectivity index (χ1) is 5.47. The third kappa shape index (κ3) is 3.49. The molecule has 0 aromatic carbocycles. The summed E-state index contributed by atoms with van der Waals surface area (Å²) in [6.45, 7) is 1.87. The lowest BCUT2D eigenvalue weighted by Crippen LogP contribution is -2.30. The van der Waals surface area contributed by atoms with Gasteiger partial charge in [-0.1, -0.05) is 0 Å². The summed E-state index contributed by atoms with van der Waals surface area (Å²) in [6.07, 6.45) is 2.12. The van der Waals surface area contributed by atoms with E-state index in [9.17, 15) is 12.3 Å². The molecule has 2 atom stereocenters. The molecule has 0 aliphatic carbocycles. The highest BCUT2D eigenvalue weighted by atomic mass is 32.3. The van der Waals surface area contributed by atoms with E-state index in [1.807, 2.05) is 6.92 Å². The van der Waals surface area contributed by atoms with Crippen molar-refractivity contribution in [2.24, 2.45) is 0 Å². The molecular weight excluding hydrogens is 183 g/mol. The van der Waals surface area contributed by atoms with Crippen molar-refractivity contribution in [1.29, 1.82) is 0 Å². The van der Waals surface area contributed by atoms with E-state index < -0.39 is 22.1 Å². The van der Waals surface area contributed by atoms with Crippen LogP contribution in [0.4, 0.5) is 3.89 Å². The van der Waals surface area contributed by atoms with Crippen LogP contribution in [0.1, 0.15) is 26.2 Å². The molecule has 0 saturated carbocycles. The van der Waals surface area contributed by atoms with Crippen molar-refractivity contribution in [1.82, 2.24) is 0 Å². The standard InChI is InChI=1S/C7H13FO3S/c1-6-3-2-4-7(11-6)5-12(8,9)10/h6-7H,2-5H2,1H3/t6-,7-/m1/s1. The van der Waals surface area contributed by atoms with Crippen LogP contribution in [-0.4, -0.2) is 26.4 Å². The van der Waals surface area contributed by atoms with Gasteiger partial charge < -0.3 is 4.74 Å². The Balaban J connectivity index is 2.43. The lowest BCUT2D eigenvalue weighted by atomic mass is 10.1. The number of hydrogen-bond acceptors (Lipinski definition) is 3. The Bertz CT molecular complexity index is 237. The van der Waals surface area contributed by atoms with Crippen molar-refractivity contribution in [3.05, 3.63) is 0 Å². The summed E-state index contributed by atoms with van der Waals surface area (Å²) in [5.41, 5.74) is 0. The number of ether oxygens (including phenoxy) is 1. The third-order valence-electron chi connectivity index (χ3n) is 1.95. The minimum Gasteiger partial charge on any atom is -0.374 e. The van der Waals surface area contributed by atoms with E-state index in [1.54, 1.807) is 0 Å². The second kappa shape index (κ2) is 3.70. The smallest absolute Gasteiger partial charge is 0.304 e. The monoisotopic (exact) mass is 196 g/mol. The van der Waals surface area contributed by atoms with Crippen molar-refractivity contribution in [2.75, 3.05) is 5.75 Å². The largest absolute Gasteiger partial charge is 0.374 e. The summed E-state index contributed by atoms with van der Waals surface area (Å²) in [4.78, 5) is 0. The summed E-state index contributed by atoms with van der Waals surface area (Å²) < 4.78 is 38.0. The second-order valence-electron chi connectivity index (χ2n) is 3.21. The van der Waals surface area contributed by atoms with E-state index in [-0.39, 0.29) is 6.10 Å². The maximum atomic E-state index is 12.2. The van der Waals surface area contributed by atoms with E-state index in [2.05, 4.69) is 0 Å². The molecule has 72 valence electrons. The minimum absolute atomic E-state index is 0.0606. The topological polar surface area (TPSA) is 43.4 Å². The van der Waals surface area contributed by atoms with Gasteiger partial charge in [0.1, 0.15) is 5.75 Å². The first kappa shape index (κ1) is 9.92. The van der Waals surface area contributed by atoms with Crippen LogP contribution in [0.25, 0.3) is 0 Å². The van der Waals surface area contributed by atoms with Crippen molar-refractivity contribution in [2.45, 2.75) is 38.4 Å². The predicted molar refractivity (Wildman–Crippen MR) is 43.1 cm³/mol. The van der Waals surface area contributed by atoms with Crippen LogP contribution in [0, 0.1) is 0 Å². The second-order valence-corrected chi connectivity index (χ2v) is 4.62. The highest BCUT2D eigenvalue weighted by molar-refractivity contribution is 7.86. The van der Waals surface area contributed by atoms with Crippen LogP contribution in [0.3, 0.4) is 0 Å². The van der Waals surface area contributed by atoms with Gasteiger partial charge in [0, 0.05) is 0 Å². The van der Waals surface area contributed by atoms with E-state index >= 15 is 0 Å². The van der Waals surface area contributed by atoms with Crippen LogP contribution in [0.5, 0.6) is 0 Å². The molecule has 1 aliphatic rings. The summed E-state index contributed by atoms with van der Waals surface area (Å²) in [6, 6.07) is 0. The van der Waals surface area contributed by atoms with Crippen LogP contribution >= 0.6 is 0 Å². The lowest BCUT2D eigenvalue weighted by Gasteiger charge is -2.26.